The monoisotopic (exact) mass is 145 g/mol. The molecule has 0 unspecified atom stereocenters. The quantitative estimate of drug-likeness (QED) is 0.416. The maximum Gasteiger partial charge on any atom is 0.249 e. The SMILES string of the molecule is Cn1c(NO)nnc1NO. The summed E-state index contributed by atoms with van der Waals surface area (Å²) in [4.78, 5) is 0. The second kappa shape index (κ2) is 2.50. The van der Waals surface area contributed by atoms with Gasteiger partial charge >= 0.3 is 0 Å². The fraction of sp³-hybridized carbons (Fsp3) is 0.333. The molecule has 7 heteroatoms. The van der Waals surface area contributed by atoms with Crippen LogP contribution in [0.2, 0.25) is 0 Å². The first-order chi connectivity index (χ1) is 4.79. The first-order valence-corrected chi connectivity index (χ1v) is 2.49. The Labute approximate surface area is 56.2 Å². The number of aromatic nitrogens is 3. The van der Waals surface area contributed by atoms with E-state index >= 15 is 0 Å². The Morgan fingerprint density at radius 2 is 1.60 bits per heavy atom. The van der Waals surface area contributed by atoms with Gasteiger partial charge in [-0.3, -0.25) is 15.0 Å². The fourth-order valence-electron chi connectivity index (χ4n) is 0.524. The molecule has 0 amide bonds. The van der Waals surface area contributed by atoms with Gasteiger partial charge in [-0.15, -0.1) is 10.2 Å². The van der Waals surface area contributed by atoms with E-state index in [0.29, 0.717) is 0 Å². The molecule has 1 aromatic rings. The van der Waals surface area contributed by atoms with E-state index in [1.807, 2.05) is 0 Å². The second-order valence-electron chi connectivity index (χ2n) is 1.63. The van der Waals surface area contributed by atoms with Crippen LogP contribution >= 0.6 is 0 Å². The van der Waals surface area contributed by atoms with Crippen LogP contribution in [-0.4, -0.2) is 25.2 Å². The molecule has 7 nitrogen and oxygen atoms in total. The van der Waals surface area contributed by atoms with E-state index in [-0.39, 0.29) is 11.9 Å². The third kappa shape index (κ3) is 0.870. The van der Waals surface area contributed by atoms with Gasteiger partial charge in [-0.2, -0.15) is 0 Å². The molecular weight excluding hydrogens is 138 g/mol. The maximum atomic E-state index is 8.34. The summed E-state index contributed by atoms with van der Waals surface area (Å²) >= 11 is 0. The summed E-state index contributed by atoms with van der Waals surface area (Å²) in [7, 11) is 1.57. The zero-order chi connectivity index (χ0) is 7.56. The van der Waals surface area contributed by atoms with Gasteiger partial charge in [-0.05, 0) is 0 Å². The molecule has 0 aromatic carbocycles. The highest BCUT2D eigenvalue weighted by Gasteiger charge is 2.04. The molecule has 0 spiro atoms. The first kappa shape index (κ1) is 6.78. The molecule has 56 valence electrons. The predicted octanol–water partition coefficient (Wildman–Crippen LogP) is -0.583. The Bertz CT molecular complexity index is 199. The summed E-state index contributed by atoms with van der Waals surface area (Å²) in [6, 6.07) is 0. The van der Waals surface area contributed by atoms with Gasteiger partial charge in [0.25, 0.3) is 0 Å². The van der Waals surface area contributed by atoms with Crippen molar-refractivity contribution in [2.24, 2.45) is 7.05 Å². The minimum Gasteiger partial charge on any atom is -0.288 e. The summed E-state index contributed by atoms with van der Waals surface area (Å²) in [5.41, 5.74) is 3.58. The first-order valence-electron chi connectivity index (χ1n) is 2.49. The lowest BCUT2D eigenvalue weighted by atomic mass is 10.9. The number of rotatable bonds is 2. The van der Waals surface area contributed by atoms with Crippen LogP contribution in [0.5, 0.6) is 0 Å². The highest BCUT2D eigenvalue weighted by molar-refractivity contribution is 5.32. The standard InChI is InChI=1S/C3H7N5O2/c1-8-2(6-9)4-5-3(8)7-10/h9-10H,1H3,(H,4,6)(H,5,7). The van der Waals surface area contributed by atoms with Crippen molar-refractivity contribution in [3.63, 3.8) is 0 Å². The topological polar surface area (TPSA) is 95.2 Å². The Morgan fingerprint density at radius 1 is 1.20 bits per heavy atom. The van der Waals surface area contributed by atoms with Crippen LogP contribution in [0.15, 0.2) is 0 Å². The Balaban J connectivity index is 2.97. The van der Waals surface area contributed by atoms with Crippen LogP contribution in [-0.2, 0) is 7.05 Å². The highest BCUT2D eigenvalue weighted by atomic mass is 16.5. The molecule has 4 N–H and O–H groups in total. The van der Waals surface area contributed by atoms with E-state index in [2.05, 4.69) is 10.2 Å². The largest absolute Gasteiger partial charge is 0.288 e. The molecule has 1 rings (SSSR count). The van der Waals surface area contributed by atoms with Gasteiger partial charge in [0.05, 0.1) is 0 Å². The normalized spacial score (nSPS) is 9.50. The molecule has 0 radical (unpaired) electrons. The van der Waals surface area contributed by atoms with Gasteiger partial charge in [-0.1, -0.05) is 0 Å². The minimum absolute atomic E-state index is 0.150. The van der Waals surface area contributed by atoms with Crippen LogP contribution in [0.4, 0.5) is 11.9 Å². The molecule has 0 atom stereocenters. The number of anilines is 2. The fourth-order valence-corrected chi connectivity index (χ4v) is 0.524. The van der Waals surface area contributed by atoms with Crippen molar-refractivity contribution >= 4 is 11.9 Å². The van der Waals surface area contributed by atoms with E-state index in [4.69, 9.17) is 10.4 Å². The lowest BCUT2D eigenvalue weighted by Crippen LogP contribution is -2.02. The molecule has 0 fully saturated rings. The van der Waals surface area contributed by atoms with Crippen molar-refractivity contribution in [1.29, 1.82) is 0 Å². The third-order valence-electron chi connectivity index (χ3n) is 1.07. The van der Waals surface area contributed by atoms with Crippen LogP contribution < -0.4 is 11.0 Å². The summed E-state index contributed by atoms with van der Waals surface area (Å²) in [6.07, 6.45) is 0. The van der Waals surface area contributed by atoms with Crippen LogP contribution in [0.25, 0.3) is 0 Å². The molecule has 1 heterocycles. The van der Waals surface area contributed by atoms with Gasteiger partial charge in [0, 0.05) is 7.05 Å². The van der Waals surface area contributed by atoms with Crippen LogP contribution in [0.3, 0.4) is 0 Å². The minimum atomic E-state index is 0.150. The van der Waals surface area contributed by atoms with Crippen molar-refractivity contribution in [3.8, 4) is 0 Å². The van der Waals surface area contributed by atoms with Gasteiger partial charge in [0.2, 0.25) is 11.9 Å². The summed E-state index contributed by atoms with van der Waals surface area (Å²) < 4.78 is 1.33. The zero-order valence-corrected chi connectivity index (χ0v) is 5.24. The number of nitrogens with one attached hydrogen (secondary N) is 2. The van der Waals surface area contributed by atoms with Gasteiger partial charge in [0.1, 0.15) is 0 Å². The maximum absolute atomic E-state index is 8.34. The molecule has 0 aliphatic heterocycles. The van der Waals surface area contributed by atoms with Crippen molar-refractivity contribution in [3.05, 3.63) is 0 Å². The average Bonchev–Trinajstić information content (AvgIpc) is 2.30. The number of hydrogen-bond acceptors (Lipinski definition) is 6. The predicted molar refractivity (Wildman–Crippen MR) is 31.8 cm³/mol. The van der Waals surface area contributed by atoms with E-state index in [1.165, 1.54) is 4.57 Å². The molecule has 0 bridgehead atoms. The lowest BCUT2D eigenvalue weighted by Gasteiger charge is -1.98. The summed E-state index contributed by atoms with van der Waals surface area (Å²) in [5, 5.41) is 23.6. The van der Waals surface area contributed by atoms with E-state index < -0.39 is 0 Å². The number of hydrogen-bond donors (Lipinski definition) is 4. The third-order valence-corrected chi connectivity index (χ3v) is 1.07. The highest BCUT2D eigenvalue weighted by Crippen LogP contribution is 2.06. The van der Waals surface area contributed by atoms with Crippen LogP contribution in [0, 0.1) is 0 Å². The van der Waals surface area contributed by atoms with Crippen molar-refractivity contribution in [1.82, 2.24) is 14.8 Å². The van der Waals surface area contributed by atoms with Crippen molar-refractivity contribution in [2.45, 2.75) is 0 Å². The van der Waals surface area contributed by atoms with E-state index in [1.54, 1.807) is 18.0 Å². The lowest BCUT2D eigenvalue weighted by molar-refractivity contribution is 0.374. The molecule has 0 saturated carbocycles. The summed E-state index contributed by atoms with van der Waals surface area (Å²) in [5.74, 6) is 0.299. The van der Waals surface area contributed by atoms with Crippen LogP contribution in [0.1, 0.15) is 0 Å². The van der Waals surface area contributed by atoms with Gasteiger partial charge < -0.3 is 0 Å². The van der Waals surface area contributed by atoms with Gasteiger partial charge in [-0.25, -0.2) is 11.0 Å². The molecular formula is C3H7N5O2. The molecule has 1 aromatic heterocycles. The van der Waals surface area contributed by atoms with E-state index in [0.717, 1.165) is 0 Å². The Morgan fingerprint density at radius 3 is 1.80 bits per heavy atom. The molecule has 0 saturated heterocycles. The van der Waals surface area contributed by atoms with Crippen molar-refractivity contribution in [2.75, 3.05) is 11.0 Å². The zero-order valence-electron chi connectivity index (χ0n) is 5.24. The summed E-state index contributed by atoms with van der Waals surface area (Å²) in [6.45, 7) is 0. The van der Waals surface area contributed by atoms with Gasteiger partial charge in [0.15, 0.2) is 0 Å². The molecule has 0 aliphatic rings. The average molecular weight is 145 g/mol. The van der Waals surface area contributed by atoms with E-state index in [9.17, 15) is 0 Å². The smallest absolute Gasteiger partial charge is 0.249 e. The molecule has 10 heavy (non-hydrogen) atoms. The van der Waals surface area contributed by atoms with Crippen molar-refractivity contribution < 1.29 is 10.4 Å². The Hall–Kier alpha value is -1.34. The number of nitrogens with zero attached hydrogens (tertiary/aromatic N) is 3. The second-order valence-corrected chi connectivity index (χ2v) is 1.63. The Kier molecular flexibility index (Phi) is 1.69. The molecule has 0 aliphatic carbocycles.